The molecule has 0 unspecified atom stereocenters. The Morgan fingerprint density at radius 3 is 2.24 bits per heavy atom. The lowest BCUT2D eigenvalue weighted by atomic mass is 9.66. The molecule has 196 valence electrons. The third-order valence-corrected chi connectivity index (χ3v) is 7.37. The lowest BCUT2D eigenvalue weighted by Gasteiger charge is -2.44. The number of rotatable bonds is 9. The zero-order chi connectivity index (χ0) is 27.7. The number of hydrogen-bond acceptors (Lipinski definition) is 6. The van der Waals surface area contributed by atoms with E-state index in [2.05, 4.69) is 20.6 Å². The Morgan fingerprint density at radius 1 is 1.03 bits per heavy atom. The molecule has 1 amide bonds. The van der Waals surface area contributed by atoms with Crippen molar-refractivity contribution in [1.29, 1.82) is 0 Å². The van der Waals surface area contributed by atoms with Crippen molar-refractivity contribution in [3.05, 3.63) is 93.6 Å². The first-order valence-corrected chi connectivity index (χ1v) is 12.7. The summed E-state index contributed by atoms with van der Waals surface area (Å²) in [6, 6.07) is 10.4. The van der Waals surface area contributed by atoms with E-state index in [-0.39, 0.29) is 34.2 Å². The molecule has 0 radical (unpaired) electrons. The van der Waals surface area contributed by atoms with Crippen molar-refractivity contribution in [1.82, 2.24) is 15.3 Å². The van der Waals surface area contributed by atoms with Crippen molar-refractivity contribution >= 4 is 52.1 Å². The van der Waals surface area contributed by atoms with Gasteiger partial charge in [-0.1, -0.05) is 48.3 Å². The van der Waals surface area contributed by atoms with E-state index in [0.717, 1.165) is 5.56 Å². The summed E-state index contributed by atoms with van der Waals surface area (Å²) in [7, 11) is 0. The highest BCUT2D eigenvalue weighted by atomic mass is 35.5. The number of halogens is 2. The van der Waals surface area contributed by atoms with Gasteiger partial charge < -0.3 is 15.7 Å². The number of ketones is 1. The monoisotopic (exact) mass is 552 g/mol. The van der Waals surface area contributed by atoms with Gasteiger partial charge in [-0.3, -0.25) is 19.6 Å². The van der Waals surface area contributed by atoms with Crippen LogP contribution in [0.3, 0.4) is 0 Å². The van der Waals surface area contributed by atoms with E-state index in [9.17, 15) is 19.5 Å². The van der Waals surface area contributed by atoms with Crippen LogP contribution in [-0.2, 0) is 16.0 Å². The van der Waals surface area contributed by atoms with E-state index in [1.165, 1.54) is 12.4 Å². The topological polar surface area (TPSA) is 121 Å². The van der Waals surface area contributed by atoms with Crippen LogP contribution in [0.2, 0.25) is 10.0 Å². The number of carbonyl (C=O) groups is 3. The molecule has 1 atom stereocenters. The van der Waals surface area contributed by atoms with Crippen LogP contribution in [0, 0.1) is 5.41 Å². The predicted molar refractivity (Wildman–Crippen MR) is 146 cm³/mol. The minimum absolute atomic E-state index is 0.0714. The second-order valence-electron chi connectivity index (χ2n) is 9.62. The SMILES string of the molecule is CC[C@@](Cc1ccc(NC(=O)c2c(Cl)cncc2Cl)cc1)(NC1=C(c2cccnc2)C(=O)C1(C)C)C(=O)O. The Labute approximate surface area is 230 Å². The van der Waals surface area contributed by atoms with Gasteiger partial charge in [0.1, 0.15) is 5.54 Å². The quantitative estimate of drug-likeness (QED) is 0.324. The summed E-state index contributed by atoms with van der Waals surface area (Å²) < 4.78 is 0. The van der Waals surface area contributed by atoms with Gasteiger partial charge in [0.25, 0.3) is 5.91 Å². The summed E-state index contributed by atoms with van der Waals surface area (Å²) in [5, 5.41) is 16.6. The van der Waals surface area contributed by atoms with E-state index in [1.54, 1.807) is 69.6 Å². The maximum Gasteiger partial charge on any atom is 0.329 e. The molecule has 3 aromatic rings. The summed E-state index contributed by atoms with van der Waals surface area (Å²) in [5.74, 6) is -1.59. The van der Waals surface area contributed by atoms with Crippen molar-refractivity contribution in [3.8, 4) is 0 Å². The van der Waals surface area contributed by atoms with Crippen LogP contribution < -0.4 is 10.6 Å². The summed E-state index contributed by atoms with van der Waals surface area (Å²) in [6.07, 6.45) is 6.28. The molecule has 4 rings (SSSR count). The molecule has 1 aliphatic rings. The fourth-order valence-electron chi connectivity index (χ4n) is 4.45. The van der Waals surface area contributed by atoms with E-state index >= 15 is 0 Å². The average molecular weight is 553 g/mol. The van der Waals surface area contributed by atoms with Gasteiger partial charge in [-0.15, -0.1) is 0 Å². The Morgan fingerprint density at radius 2 is 1.68 bits per heavy atom. The fraction of sp³-hybridized carbons (Fsp3) is 0.250. The van der Waals surface area contributed by atoms with Crippen LogP contribution in [0.4, 0.5) is 5.69 Å². The Balaban J connectivity index is 1.59. The number of amides is 1. The molecule has 1 aliphatic carbocycles. The molecule has 0 aliphatic heterocycles. The van der Waals surface area contributed by atoms with Crippen LogP contribution in [-0.4, -0.2) is 38.3 Å². The number of nitrogens with zero attached hydrogens (tertiary/aromatic N) is 2. The Kier molecular flexibility index (Phi) is 7.58. The average Bonchev–Trinajstić information content (AvgIpc) is 2.89. The summed E-state index contributed by atoms with van der Waals surface area (Å²) >= 11 is 12.1. The lowest BCUT2D eigenvalue weighted by Crippen LogP contribution is -2.58. The highest BCUT2D eigenvalue weighted by Gasteiger charge is 2.51. The van der Waals surface area contributed by atoms with Crippen molar-refractivity contribution in [2.24, 2.45) is 5.41 Å². The molecule has 3 N–H and O–H groups in total. The number of aromatic nitrogens is 2. The van der Waals surface area contributed by atoms with Crippen LogP contribution in [0.5, 0.6) is 0 Å². The Bertz CT molecular complexity index is 1420. The van der Waals surface area contributed by atoms with Crippen molar-refractivity contribution in [2.45, 2.75) is 39.2 Å². The van der Waals surface area contributed by atoms with Gasteiger partial charge in [-0.05, 0) is 44.0 Å². The molecule has 2 heterocycles. The molecule has 8 nitrogen and oxygen atoms in total. The summed E-state index contributed by atoms with van der Waals surface area (Å²) in [4.78, 5) is 46.2. The normalized spacial score (nSPS) is 15.9. The van der Waals surface area contributed by atoms with Crippen LogP contribution in [0.25, 0.3) is 5.57 Å². The number of aliphatic carboxylic acids is 1. The number of allylic oxidation sites excluding steroid dienone is 2. The zero-order valence-electron chi connectivity index (χ0n) is 21.0. The van der Waals surface area contributed by atoms with Gasteiger partial charge in [0.2, 0.25) is 0 Å². The number of Topliss-reactive ketones (excluding diaryl/α,β-unsaturated/α-hetero) is 1. The summed E-state index contributed by atoms with van der Waals surface area (Å²) in [6.45, 7) is 5.34. The maximum atomic E-state index is 12.9. The first kappa shape index (κ1) is 27.3. The second kappa shape index (κ2) is 10.6. The molecular weight excluding hydrogens is 527 g/mol. The van der Waals surface area contributed by atoms with Crippen LogP contribution in [0.15, 0.2) is 66.9 Å². The molecule has 2 aromatic heterocycles. The maximum absolute atomic E-state index is 12.9. The van der Waals surface area contributed by atoms with Crippen molar-refractivity contribution in [2.75, 3.05) is 5.32 Å². The number of anilines is 1. The second-order valence-corrected chi connectivity index (χ2v) is 10.4. The van der Waals surface area contributed by atoms with Gasteiger partial charge in [-0.2, -0.15) is 0 Å². The highest BCUT2D eigenvalue weighted by Crippen LogP contribution is 2.46. The number of carboxylic acid groups (broad SMARTS) is 1. The Hall–Kier alpha value is -3.75. The number of carbonyl (C=O) groups excluding carboxylic acids is 2. The van der Waals surface area contributed by atoms with Gasteiger partial charge in [0, 0.05) is 53.7 Å². The highest BCUT2D eigenvalue weighted by molar-refractivity contribution is 6.40. The molecule has 1 aromatic carbocycles. The smallest absolute Gasteiger partial charge is 0.329 e. The van der Waals surface area contributed by atoms with E-state index in [4.69, 9.17) is 23.2 Å². The summed E-state index contributed by atoms with van der Waals surface area (Å²) in [5.41, 5.74) is 0.774. The molecule has 0 saturated carbocycles. The van der Waals surface area contributed by atoms with Gasteiger partial charge in [0.15, 0.2) is 5.78 Å². The first-order chi connectivity index (χ1) is 18.0. The van der Waals surface area contributed by atoms with E-state index in [0.29, 0.717) is 22.5 Å². The molecule has 10 heteroatoms. The third kappa shape index (κ3) is 5.01. The molecule has 38 heavy (non-hydrogen) atoms. The predicted octanol–water partition coefficient (Wildman–Crippen LogP) is 5.42. The van der Waals surface area contributed by atoms with Gasteiger partial charge in [-0.25, -0.2) is 4.79 Å². The molecule has 0 fully saturated rings. The van der Waals surface area contributed by atoms with Crippen molar-refractivity contribution < 1.29 is 19.5 Å². The minimum atomic E-state index is -1.37. The van der Waals surface area contributed by atoms with Gasteiger partial charge >= 0.3 is 5.97 Å². The number of benzene rings is 1. The number of hydrogen-bond donors (Lipinski definition) is 3. The van der Waals surface area contributed by atoms with Crippen LogP contribution >= 0.6 is 23.2 Å². The lowest BCUT2D eigenvalue weighted by molar-refractivity contribution is -0.145. The van der Waals surface area contributed by atoms with Crippen LogP contribution in [0.1, 0.15) is 48.7 Å². The molecule has 0 bridgehead atoms. The molecule has 0 spiro atoms. The number of pyridine rings is 2. The standard InChI is InChI=1S/C28H26Cl2N4O4/c1-4-28(26(37)38,34-23-21(24(35)27(23,2)3)17-6-5-11-31-13-17)12-16-7-9-18(10-8-16)33-25(36)22-19(29)14-32-15-20(22)30/h5-11,13-15,34H,4,12H2,1-3H3,(H,33,36)(H,37,38)/t28-/m0/s1. The van der Waals surface area contributed by atoms with E-state index < -0.39 is 22.8 Å². The first-order valence-electron chi connectivity index (χ1n) is 11.9. The van der Waals surface area contributed by atoms with Crippen molar-refractivity contribution in [3.63, 3.8) is 0 Å². The molecular formula is C28H26Cl2N4O4. The zero-order valence-corrected chi connectivity index (χ0v) is 22.5. The largest absolute Gasteiger partial charge is 0.479 e. The van der Waals surface area contributed by atoms with E-state index in [1.807, 2.05) is 0 Å². The van der Waals surface area contributed by atoms with Gasteiger partial charge in [0.05, 0.1) is 21.0 Å². The number of carboxylic acids is 1. The number of nitrogens with one attached hydrogen (secondary N) is 2. The fourth-order valence-corrected chi connectivity index (χ4v) is 4.98. The minimum Gasteiger partial charge on any atom is -0.479 e. The third-order valence-electron chi connectivity index (χ3n) is 6.80. The molecule has 0 saturated heterocycles.